The summed E-state index contributed by atoms with van der Waals surface area (Å²) >= 11 is 0. The molecule has 0 N–H and O–H groups in total. The Hall–Kier alpha value is -0.169. The first-order valence-corrected chi connectivity index (χ1v) is 57.0. The van der Waals surface area contributed by atoms with Crippen LogP contribution >= 0.6 is 0 Å². The van der Waals surface area contributed by atoms with Crippen LogP contribution < -0.4 is 0 Å². The number of rotatable bonds is 98. The van der Waals surface area contributed by atoms with Crippen molar-refractivity contribution in [2.75, 3.05) is 0 Å². The summed E-state index contributed by atoms with van der Waals surface area (Å²) in [6, 6.07) is 13.0. The Morgan fingerprint density at radius 2 is 0.269 bits per heavy atom. The largest absolute Gasteiger partial charge is 2.00 e. The molecule has 0 radical (unpaired) electrons. The molecule has 0 aliphatic rings. The van der Waals surface area contributed by atoms with Gasteiger partial charge in [-0.3, -0.25) is 0 Å². The van der Waals surface area contributed by atoms with E-state index < -0.39 is 20.2 Å². The van der Waals surface area contributed by atoms with E-state index in [1.165, 1.54) is 615 Å². The zero-order valence-corrected chi connectivity index (χ0v) is 86.5. The van der Waals surface area contributed by atoms with Gasteiger partial charge in [0.2, 0.25) is 0 Å². The van der Waals surface area contributed by atoms with E-state index in [0.717, 1.165) is 36.8 Å². The molecule has 0 fully saturated rings. The van der Waals surface area contributed by atoms with E-state index in [2.05, 4.69) is 13.8 Å². The number of hydrogen-bond donors (Lipinski definition) is 0. The minimum absolute atomic E-state index is 0. The minimum Gasteiger partial charge on any atom is -0.744 e. The summed E-state index contributed by atoms with van der Waals surface area (Å²) in [5.74, 6) is 0. The molecule has 0 saturated carbocycles. The van der Waals surface area contributed by atoms with Gasteiger partial charge in [-0.15, -0.1) is 0 Å². The average Bonchev–Trinajstić information content (AvgIpc) is 0.862. The maximum absolute atomic E-state index is 11.2. The number of hydrogen-bond acceptors (Lipinski definition) is 6. The Balaban J connectivity index is 0.00000232. The first kappa shape index (κ1) is 119. The first-order valence-electron chi connectivity index (χ1n) is 54.2. The molecule has 0 spiro atoms. The summed E-state index contributed by atoms with van der Waals surface area (Å²) in [5, 5.41) is 0. The van der Waals surface area contributed by atoms with Crippen molar-refractivity contribution in [3.8, 4) is 0 Å². The van der Waals surface area contributed by atoms with E-state index in [0.29, 0.717) is 0 Å². The van der Waals surface area contributed by atoms with Crippen LogP contribution in [-0.2, 0) is 33.1 Å². The van der Waals surface area contributed by atoms with Gasteiger partial charge in [0.1, 0.15) is 20.2 Å². The molecule has 119 heavy (non-hydrogen) atoms. The second-order valence-corrected chi connectivity index (χ2v) is 41.0. The van der Waals surface area contributed by atoms with Crippen LogP contribution in [0.25, 0.3) is 0 Å². The quantitative estimate of drug-likeness (QED) is 0.0370. The molecule has 9 heteroatoms. The summed E-state index contributed by atoms with van der Waals surface area (Å²) in [5.41, 5.74) is 1.91. The van der Waals surface area contributed by atoms with Crippen LogP contribution in [0.1, 0.15) is 629 Å². The van der Waals surface area contributed by atoms with Crippen LogP contribution in [0, 0.1) is 0 Å². The van der Waals surface area contributed by atoms with Gasteiger partial charge in [-0.05, 0) is 61.1 Å². The van der Waals surface area contributed by atoms with Gasteiger partial charge in [-0.25, -0.2) is 16.8 Å². The van der Waals surface area contributed by atoms with Crippen LogP contribution in [0.4, 0.5) is 0 Å². The topological polar surface area (TPSA) is 114 Å². The van der Waals surface area contributed by atoms with E-state index in [-0.39, 0.29) is 58.7 Å². The summed E-state index contributed by atoms with van der Waals surface area (Å²) < 4.78 is 67.1. The predicted molar refractivity (Wildman–Crippen MR) is 527 cm³/mol. The van der Waals surface area contributed by atoms with Crippen molar-refractivity contribution >= 4 is 69.1 Å². The van der Waals surface area contributed by atoms with Gasteiger partial charge in [0, 0.05) is 0 Å². The Morgan fingerprint density at radius 3 is 0.370 bits per heavy atom. The number of benzene rings is 2. The molecule has 696 valence electrons. The zero-order valence-electron chi connectivity index (χ0n) is 80.5. The summed E-state index contributed by atoms with van der Waals surface area (Å²) in [7, 11) is -8.70. The van der Waals surface area contributed by atoms with E-state index in [1.807, 2.05) is 12.1 Å². The molecular weight excluding hydrogens is 1620 g/mol. The van der Waals surface area contributed by atoms with Gasteiger partial charge in [-0.2, -0.15) is 0 Å². The summed E-state index contributed by atoms with van der Waals surface area (Å²) in [6.45, 7) is 4.62. The molecule has 0 bridgehead atoms. The Kier molecular flexibility index (Phi) is 98.3. The van der Waals surface area contributed by atoms with Crippen LogP contribution in [-0.4, -0.2) is 74.8 Å². The molecule has 0 aliphatic carbocycles. The monoisotopic (exact) mass is 1830 g/mol. The maximum atomic E-state index is 11.2. The Bertz CT molecular complexity index is 2310. The summed E-state index contributed by atoms with van der Waals surface area (Å²) in [4.78, 5) is -0.208. The van der Waals surface area contributed by atoms with Crippen LogP contribution in [0.2, 0.25) is 0 Å². The van der Waals surface area contributed by atoms with Gasteiger partial charge >= 0.3 is 48.9 Å². The Morgan fingerprint density at radius 1 is 0.168 bits per heavy atom. The third-order valence-corrected chi connectivity index (χ3v) is 28.2. The molecule has 0 atom stereocenters. The normalized spacial score (nSPS) is 11.8. The second-order valence-electron chi connectivity index (χ2n) is 38.2. The van der Waals surface area contributed by atoms with Crippen LogP contribution in [0.5, 0.6) is 0 Å². The van der Waals surface area contributed by atoms with E-state index in [4.69, 9.17) is 0 Å². The smallest absolute Gasteiger partial charge is 0.744 e. The molecule has 2 aromatic carbocycles. The molecule has 0 aromatic heterocycles. The molecular formula is C110H206BaO6S2. The van der Waals surface area contributed by atoms with Crippen molar-refractivity contribution in [3.63, 3.8) is 0 Å². The first-order chi connectivity index (χ1) is 58.1. The van der Waals surface area contributed by atoms with Gasteiger partial charge in [0.15, 0.2) is 0 Å². The van der Waals surface area contributed by atoms with Crippen molar-refractivity contribution < 1.29 is 25.9 Å². The standard InChI is InChI=1S/2C55H104O3S.Ba/c2*1-2-3-4-5-6-7-8-9-10-11-12-13-14-15-16-17-18-19-20-21-22-23-24-25-26-27-28-29-30-31-32-33-34-35-36-37-38-39-40-41-42-43-44-45-46-47-48-50-54-51-49-52-55(53-54)59(56,57)58;/h2*49,51-53H,2-48,50H2,1H3,(H,56,57,58);/q;;+2/p-2. The molecule has 2 rings (SSSR count). The maximum Gasteiger partial charge on any atom is 2.00 e. The van der Waals surface area contributed by atoms with Gasteiger partial charge < -0.3 is 9.11 Å². The average molecular weight is 1830 g/mol. The van der Waals surface area contributed by atoms with Crippen LogP contribution in [0.3, 0.4) is 0 Å². The van der Waals surface area contributed by atoms with Crippen molar-refractivity contribution in [1.29, 1.82) is 0 Å². The fourth-order valence-corrected chi connectivity index (χ4v) is 19.5. The van der Waals surface area contributed by atoms with E-state index >= 15 is 0 Å². The molecule has 0 amide bonds. The molecule has 0 aliphatic heterocycles. The zero-order chi connectivity index (χ0) is 84.8. The molecule has 6 nitrogen and oxygen atoms in total. The van der Waals surface area contributed by atoms with Gasteiger partial charge in [0.25, 0.3) is 0 Å². The van der Waals surface area contributed by atoms with Gasteiger partial charge in [-0.1, -0.05) is 629 Å². The minimum atomic E-state index is -4.35. The van der Waals surface area contributed by atoms with E-state index in [1.54, 1.807) is 12.1 Å². The van der Waals surface area contributed by atoms with Crippen LogP contribution in [0.15, 0.2) is 58.3 Å². The molecule has 2 aromatic rings. The number of aryl methyl sites for hydroxylation is 2. The molecule has 0 saturated heterocycles. The predicted octanol–water partition coefficient (Wildman–Crippen LogP) is 38.6. The van der Waals surface area contributed by atoms with Crippen molar-refractivity contribution in [3.05, 3.63) is 59.7 Å². The SMILES string of the molecule is CCCCCCCCCCCCCCCCCCCCCCCCCCCCCCCCCCCCCCCCCCCCCCCCCc1cccc(S(=O)(=O)[O-])c1.CCCCCCCCCCCCCCCCCCCCCCCCCCCCCCCCCCCCCCCCCCCCCCCCCc1cccc(S(=O)(=O)[O-])c1.[Ba+2]. The van der Waals surface area contributed by atoms with E-state index in [9.17, 15) is 25.9 Å². The van der Waals surface area contributed by atoms with Gasteiger partial charge in [0.05, 0.1) is 9.79 Å². The molecule has 0 heterocycles. The number of unbranched alkanes of at least 4 members (excludes halogenated alkanes) is 92. The second kappa shape index (κ2) is 98.4. The fraction of sp³-hybridized carbons (Fsp3) is 0.891. The van der Waals surface area contributed by atoms with Crippen molar-refractivity contribution in [2.45, 2.75) is 640 Å². The van der Waals surface area contributed by atoms with Crippen molar-refractivity contribution in [2.24, 2.45) is 0 Å². The van der Waals surface area contributed by atoms with Crippen molar-refractivity contribution in [1.82, 2.24) is 0 Å². The fourth-order valence-electron chi connectivity index (χ4n) is 18.4. The third-order valence-electron chi connectivity index (χ3n) is 26.5. The summed E-state index contributed by atoms with van der Waals surface area (Å²) in [6.07, 6.45) is 137. The third kappa shape index (κ3) is 93.8. The molecule has 0 unspecified atom stereocenters. The Labute approximate surface area is 787 Å².